The minimum absolute atomic E-state index is 0.0265. The molecule has 4 N–H and O–H groups in total. The summed E-state index contributed by atoms with van der Waals surface area (Å²) in [5.74, 6) is -0.214. The summed E-state index contributed by atoms with van der Waals surface area (Å²) < 4.78 is 6.89. The number of aromatic nitrogens is 3. The molecule has 3 aromatic heterocycles. The number of β-amino-alcohol motifs (C(OH)–C–C–N with tert-alkyl or cyclic N) is 1. The van der Waals surface area contributed by atoms with Gasteiger partial charge >= 0.3 is 6.09 Å². The molecule has 8 rings (SSSR count). The van der Waals surface area contributed by atoms with Gasteiger partial charge in [0.15, 0.2) is 10.9 Å². The zero-order valence-electron chi connectivity index (χ0n) is 43.6. The fourth-order valence-corrected chi connectivity index (χ4v) is 11.9. The molecule has 2 aromatic carbocycles. The monoisotopic (exact) mass is 1050 g/mol. The van der Waals surface area contributed by atoms with E-state index >= 15 is 0 Å². The van der Waals surface area contributed by atoms with Crippen LogP contribution in [0.25, 0.3) is 31.8 Å². The number of ether oxygens (including phenoxy) is 1. The van der Waals surface area contributed by atoms with Gasteiger partial charge in [0.05, 0.1) is 38.1 Å². The van der Waals surface area contributed by atoms with Crippen LogP contribution < -0.4 is 25.8 Å². The smallest absolute Gasteiger partial charge is 0.414 e. The summed E-state index contributed by atoms with van der Waals surface area (Å²) in [7, 11) is 1.99. The summed E-state index contributed by atoms with van der Waals surface area (Å²) in [5, 5.41) is 20.1. The Hall–Kier alpha value is -5.98. The van der Waals surface area contributed by atoms with Crippen LogP contribution in [-0.2, 0) is 30.5 Å². The van der Waals surface area contributed by atoms with Crippen molar-refractivity contribution in [3.63, 3.8) is 0 Å². The highest BCUT2D eigenvalue weighted by molar-refractivity contribution is 7.22. The second-order valence-electron chi connectivity index (χ2n) is 21.3. The lowest BCUT2D eigenvalue weighted by molar-refractivity contribution is -0.144. The molecule has 3 aliphatic rings. The lowest BCUT2D eigenvalue weighted by Crippen LogP contribution is -2.57. The zero-order valence-corrected chi connectivity index (χ0v) is 45.3. The quantitative estimate of drug-likeness (QED) is 0.0541. The number of rotatable bonds is 20. The first-order valence-electron chi connectivity index (χ1n) is 26.6. The Morgan fingerprint density at radius 1 is 0.838 bits per heavy atom. The van der Waals surface area contributed by atoms with Crippen molar-refractivity contribution in [1.82, 2.24) is 30.5 Å². The van der Waals surface area contributed by atoms with Crippen LogP contribution in [-0.4, -0.2) is 106 Å². The molecule has 1 aliphatic carbocycles. The molecule has 74 heavy (non-hydrogen) atoms. The second-order valence-corrected chi connectivity index (χ2v) is 23.2. The first-order valence-corrected chi connectivity index (χ1v) is 28.3. The van der Waals surface area contributed by atoms with Gasteiger partial charge in [-0.25, -0.2) is 19.7 Å². The van der Waals surface area contributed by atoms with E-state index in [2.05, 4.69) is 36.9 Å². The summed E-state index contributed by atoms with van der Waals surface area (Å²) >= 11 is 3.02. The summed E-state index contributed by atoms with van der Waals surface area (Å²) in [5.41, 5.74) is 7.52. The Morgan fingerprint density at radius 2 is 1.53 bits per heavy atom. The van der Waals surface area contributed by atoms with Crippen molar-refractivity contribution in [3.05, 3.63) is 71.5 Å². The minimum Gasteiger partial charge on any atom is -0.446 e. The number of amides is 5. The topological polar surface area (TPSA) is 199 Å². The van der Waals surface area contributed by atoms with Crippen LogP contribution in [0.15, 0.2) is 60.2 Å². The molecule has 3 atom stereocenters. The number of likely N-dealkylation sites (tertiary alicyclic amines) is 1. The Kier molecular flexibility index (Phi) is 18.4. The van der Waals surface area contributed by atoms with Crippen molar-refractivity contribution in [2.24, 2.45) is 5.41 Å². The molecule has 396 valence electrons. The van der Waals surface area contributed by atoms with Crippen molar-refractivity contribution >= 4 is 79.2 Å². The third-order valence-corrected chi connectivity index (χ3v) is 16.3. The second kappa shape index (κ2) is 25.0. The third-order valence-electron chi connectivity index (χ3n) is 14.4. The molecule has 0 spiro atoms. The molecule has 0 unspecified atom stereocenters. The van der Waals surface area contributed by atoms with Crippen LogP contribution in [0.4, 0.5) is 21.4 Å². The molecule has 5 amide bonds. The van der Waals surface area contributed by atoms with Gasteiger partial charge in [-0.15, -0.1) is 11.3 Å². The van der Waals surface area contributed by atoms with E-state index in [1.807, 2.05) is 88.9 Å². The van der Waals surface area contributed by atoms with Gasteiger partial charge in [0, 0.05) is 64.2 Å². The Bertz CT molecular complexity index is 2750. The van der Waals surface area contributed by atoms with Gasteiger partial charge in [-0.2, -0.15) is 0 Å². The first kappa shape index (κ1) is 54.3. The molecule has 5 aromatic rings. The van der Waals surface area contributed by atoms with Gasteiger partial charge in [-0.3, -0.25) is 24.1 Å². The number of hydrogen-bond donors (Lipinski definition) is 4. The maximum absolute atomic E-state index is 14.0. The van der Waals surface area contributed by atoms with E-state index in [4.69, 9.17) is 9.72 Å². The van der Waals surface area contributed by atoms with E-state index in [0.717, 1.165) is 125 Å². The van der Waals surface area contributed by atoms with E-state index in [0.29, 0.717) is 37.5 Å². The van der Waals surface area contributed by atoms with Crippen molar-refractivity contribution in [3.8, 4) is 21.6 Å². The van der Waals surface area contributed by atoms with Crippen molar-refractivity contribution in [2.45, 2.75) is 161 Å². The lowest BCUT2D eigenvalue weighted by atomic mass is 9.85. The number of pyridine rings is 1. The Morgan fingerprint density at radius 3 is 2.22 bits per heavy atom. The average molecular weight is 1050 g/mol. The van der Waals surface area contributed by atoms with Crippen LogP contribution in [0.1, 0.15) is 135 Å². The van der Waals surface area contributed by atoms with Crippen LogP contribution in [0.5, 0.6) is 0 Å². The summed E-state index contributed by atoms with van der Waals surface area (Å²) in [6.07, 6.45) is 14.1. The maximum atomic E-state index is 14.0. The van der Waals surface area contributed by atoms with Gasteiger partial charge in [-0.05, 0) is 85.8 Å². The molecule has 2 fully saturated rings. The van der Waals surface area contributed by atoms with E-state index in [1.54, 1.807) is 16.2 Å². The van der Waals surface area contributed by atoms with Gasteiger partial charge in [0.2, 0.25) is 23.6 Å². The number of benzene rings is 2. The molecule has 2 aliphatic heterocycles. The standard InChI is InChI=1S/C56H73N9O7S2/c1-36-49(73-35-59-36)38-23-21-37(22-24-38)32-58-52(69)45-31-41(66)34-65(45)53(70)50(56(2,3)4)61-47(67)19-15-10-8-6-7-9-11-16-20-48(68)62-54-60-43-26-25-39(30-46(43)74-54)40-29-44-51(57-33-40)63(5)27-28-64(44)55(71)72-42-17-13-12-14-18-42/h21-26,29-30,33,35,41-42,45,50,66H,6-20,27-28,31-32,34H2,1-5H3,(H,58,69)(H,61,67)(H,60,62,68)/t41-,45+,50-/m1/s1. The van der Waals surface area contributed by atoms with Crippen LogP contribution >= 0.6 is 22.7 Å². The van der Waals surface area contributed by atoms with Gasteiger partial charge in [0.1, 0.15) is 18.2 Å². The van der Waals surface area contributed by atoms with Crippen molar-refractivity contribution < 1.29 is 33.8 Å². The van der Waals surface area contributed by atoms with Gasteiger partial charge < -0.3 is 35.6 Å². The number of aliphatic hydroxyl groups excluding tert-OH is 1. The number of nitrogens with zero attached hydrogens (tertiary/aromatic N) is 6. The molecule has 0 bridgehead atoms. The van der Waals surface area contributed by atoms with E-state index in [1.165, 1.54) is 22.7 Å². The maximum Gasteiger partial charge on any atom is 0.414 e. The summed E-state index contributed by atoms with van der Waals surface area (Å²) in [4.78, 5) is 87.1. The summed E-state index contributed by atoms with van der Waals surface area (Å²) in [6, 6.07) is 14.2. The molecular formula is C56H73N9O7S2. The van der Waals surface area contributed by atoms with Crippen molar-refractivity contribution in [2.75, 3.05) is 41.8 Å². The fraction of sp³-hybridized carbons (Fsp3) is 0.536. The summed E-state index contributed by atoms with van der Waals surface area (Å²) in [6.45, 7) is 9.15. The number of likely N-dealkylation sites (N-methyl/N-ethyl adjacent to an activating group) is 1. The number of fused-ring (bicyclic) bond motifs is 2. The number of hydrogen-bond acceptors (Lipinski definition) is 13. The molecule has 1 saturated carbocycles. The Balaban J connectivity index is 0.712. The number of carbonyl (C=O) groups excluding carboxylic acids is 5. The molecule has 0 radical (unpaired) electrons. The molecular weight excluding hydrogens is 975 g/mol. The number of aliphatic hydroxyl groups is 1. The zero-order chi connectivity index (χ0) is 52.4. The first-order chi connectivity index (χ1) is 35.6. The van der Waals surface area contributed by atoms with Crippen LogP contribution in [0, 0.1) is 12.3 Å². The van der Waals surface area contributed by atoms with Gasteiger partial charge in [-0.1, -0.05) is 107 Å². The predicted molar refractivity (Wildman–Crippen MR) is 293 cm³/mol. The van der Waals surface area contributed by atoms with E-state index in [-0.39, 0.29) is 55.3 Å². The number of unbranched alkanes of at least 4 members (excludes halogenated alkanes) is 7. The highest BCUT2D eigenvalue weighted by Gasteiger charge is 2.44. The lowest BCUT2D eigenvalue weighted by Gasteiger charge is -2.35. The van der Waals surface area contributed by atoms with E-state index < -0.39 is 23.6 Å². The van der Waals surface area contributed by atoms with Crippen LogP contribution in [0.3, 0.4) is 0 Å². The minimum atomic E-state index is -0.860. The number of anilines is 3. The largest absolute Gasteiger partial charge is 0.446 e. The number of carbonyl (C=O) groups is 5. The number of thiazole rings is 2. The predicted octanol–water partition coefficient (Wildman–Crippen LogP) is 10.2. The SMILES string of the molecule is Cc1ncsc1-c1ccc(CNC(=O)[C@@H]2C[C@@H](O)CN2C(=O)[C@@H](NC(=O)CCCCCCCCCCC(=O)Nc2nc3ccc(-c4cnc5c(c4)N(C(=O)OC4CCCCC4)CCN5C)cc3s2)C(C)(C)C)cc1. The molecule has 16 nitrogen and oxygen atoms in total. The number of aryl methyl sites for hydroxylation is 1. The third kappa shape index (κ3) is 14.0. The van der Waals surface area contributed by atoms with Crippen molar-refractivity contribution in [1.29, 1.82) is 0 Å². The molecule has 18 heteroatoms. The Labute approximate surface area is 443 Å². The molecule has 5 heterocycles. The van der Waals surface area contributed by atoms with Crippen LogP contribution in [0.2, 0.25) is 0 Å². The highest BCUT2D eigenvalue weighted by atomic mass is 32.1. The number of nitrogens with one attached hydrogen (secondary N) is 3. The normalized spacial score (nSPS) is 17.5. The highest BCUT2D eigenvalue weighted by Crippen LogP contribution is 2.37. The van der Waals surface area contributed by atoms with Gasteiger partial charge in [0.25, 0.3) is 0 Å². The van der Waals surface area contributed by atoms with E-state index in [9.17, 15) is 29.1 Å². The fourth-order valence-electron chi connectivity index (χ4n) is 10.1. The molecule has 1 saturated heterocycles. The average Bonchev–Trinajstić information content (AvgIpc) is 4.12.